The maximum Gasteiger partial charge on any atom is 0.209 e. The number of aromatic nitrogens is 4. The summed E-state index contributed by atoms with van der Waals surface area (Å²) in [5, 5.41) is 0. The van der Waals surface area contributed by atoms with Gasteiger partial charge in [-0.3, -0.25) is 0 Å². The third-order valence-corrected chi connectivity index (χ3v) is 3.56. The Balaban J connectivity index is 2.10. The molecule has 0 saturated carbocycles. The summed E-state index contributed by atoms with van der Waals surface area (Å²) in [7, 11) is 1.84. The van der Waals surface area contributed by atoms with Crippen molar-refractivity contribution in [2.45, 2.75) is 19.9 Å². The molecule has 1 atom stereocenters. The normalized spacial score (nSPS) is 12.4. The van der Waals surface area contributed by atoms with Gasteiger partial charge in [0.25, 0.3) is 0 Å². The first-order chi connectivity index (χ1) is 11.0. The predicted octanol–water partition coefficient (Wildman–Crippen LogP) is 1.54. The molecule has 3 heterocycles. The number of rotatable bonds is 2. The van der Waals surface area contributed by atoms with Gasteiger partial charge in [0.2, 0.25) is 5.82 Å². The fraction of sp³-hybridized carbons (Fsp3) is 0.312. The van der Waals surface area contributed by atoms with Crippen molar-refractivity contribution >= 4 is 17.0 Å². The molecule has 3 aromatic heterocycles. The van der Waals surface area contributed by atoms with E-state index in [4.69, 9.17) is 15.9 Å². The molecule has 0 fully saturated rings. The van der Waals surface area contributed by atoms with Gasteiger partial charge in [-0.25, -0.2) is 15.0 Å². The van der Waals surface area contributed by atoms with E-state index in [0.29, 0.717) is 28.6 Å². The van der Waals surface area contributed by atoms with Crippen molar-refractivity contribution in [3.63, 3.8) is 0 Å². The smallest absolute Gasteiger partial charge is 0.209 e. The minimum Gasteiger partial charge on any atom is -0.461 e. The molecule has 7 heteroatoms. The lowest BCUT2D eigenvalue weighted by Gasteiger charge is -2.06. The van der Waals surface area contributed by atoms with Crippen LogP contribution in [0.2, 0.25) is 0 Å². The summed E-state index contributed by atoms with van der Waals surface area (Å²) < 4.78 is 7.19. The number of aryl methyl sites for hydroxylation is 1. The number of nitrogen functional groups attached to an aromatic ring is 1. The maximum absolute atomic E-state index is 6.00. The molecule has 118 valence electrons. The Bertz CT molecular complexity index is 898. The van der Waals surface area contributed by atoms with Crippen molar-refractivity contribution in [1.29, 1.82) is 0 Å². The van der Waals surface area contributed by atoms with E-state index in [9.17, 15) is 0 Å². The number of hydrogen-bond donors (Lipinski definition) is 2. The minimum atomic E-state index is -0.235. The van der Waals surface area contributed by atoms with E-state index >= 15 is 0 Å². The molecule has 0 radical (unpaired) electrons. The molecule has 7 nitrogen and oxygen atoms in total. The minimum absolute atomic E-state index is 0.235. The van der Waals surface area contributed by atoms with Crippen LogP contribution in [0.1, 0.15) is 19.7 Å². The number of imidazole rings is 1. The van der Waals surface area contributed by atoms with Crippen LogP contribution in [0.4, 0.5) is 5.82 Å². The van der Waals surface area contributed by atoms with Crippen LogP contribution in [0.5, 0.6) is 0 Å². The van der Waals surface area contributed by atoms with Crippen molar-refractivity contribution in [2.75, 3.05) is 5.73 Å². The predicted molar refractivity (Wildman–Crippen MR) is 88.1 cm³/mol. The van der Waals surface area contributed by atoms with Crippen LogP contribution in [0, 0.1) is 17.8 Å². The highest BCUT2D eigenvalue weighted by molar-refractivity contribution is 5.85. The lowest BCUT2D eigenvalue weighted by Crippen LogP contribution is -2.24. The molecule has 23 heavy (non-hydrogen) atoms. The first kappa shape index (κ1) is 15.1. The zero-order valence-electron chi connectivity index (χ0n) is 13.2. The second-order valence-corrected chi connectivity index (χ2v) is 5.62. The molecule has 3 rings (SSSR count). The van der Waals surface area contributed by atoms with Crippen molar-refractivity contribution in [3.05, 3.63) is 24.2 Å². The highest BCUT2D eigenvalue weighted by Crippen LogP contribution is 2.25. The lowest BCUT2D eigenvalue weighted by molar-refractivity contribution is 0.574. The van der Waals surface area contributed by atoms with E-state index in [0.717, 1.165) is 0 Å². The molecule has 0 bridgehead atoms. The van der Waals surface area contributed by atoms with Crippen LogP contribution in [0.3, 0.4) is 0 Å². The number of fused-ring (bicyclic) bond motifs is 1. The van der Waals surface area contributed by atoms with E-state index in [1.807, 2.05) is 27.0 Å². The molecule has 1 unspecified atom stereocenters. The number of nitrogens with two attached hydrogens (primary N) is 2. The third-order valence-electron chi connectivity index (χ3n) is 3.56. The molecular weight excluding hydrogens is 292 g/mol. The van der Waals surface area contributed by atoms with Gasteiger partial charge in [0.1, 0.15) is 0 Å². The zero-order valence-corrected chi connectivity index (χ0v) is 13.2. The van der Waals surface area contributed by atoms with Gasteiger partial charge >= 0.3 is 0 Å². The average Bonchev–Trinajstić information content (AvgIpc) is 3.13. The second kappa shape index (κ2) is 5.74. The number of hydrogen-bond acceptors (Lipinski definition) is 6. The lowest BCUT2D eigenvalue weighted by atomic mass is 10.1. The van der Waals surface area contributed by atoms with Crippen molar-refractivity contribution < 1.29 is 4.42 Å². The molecule has 3 aromatic rings. The summed E-state index contributed by atoms with van der Waals surface area (Å²) in [6.07, 6.45) is 1.59. The summed E-state index contributed by atoms with van der Waals surface area (Å²) in [6, 6.07) is 3.39. The Hall–Kier alpha value is -2.85. The zero-order chi connectivity index (χ0) is 16.6. The summed E-state index contributed by atoms with van der Waals surface area (Å²) in [4.78, 5) is 13.1. The fourth-order valence-corrected chi connectivity index (χ4v) is 2.08. The Kier molecular flexibility index (Phi) is 3.76. The van der Waals surface area contributed by atoms with E-state index < -0.39 is 0 Å². The van der Waals surface area contributed by atoms with Crippen LogP contribution in [0.25, 0.3) is 22.7 Å². The van der Waals surface area contributed by atoms with Gasteiger partial charge in [-0.15, -0.1) is 0 Å². The van der Waals surface area contributed by atoms with Gasteiger partial charge in [-0.05, 0) is 24.0 Å². The van der Waals surface area contributed by atoms with Crippen LogP contribution in [0.15, 0.2) is 22.8 Å². The van der Waals surface area contributed by atoms with Crippen molar-refractivity contribution in [1.82, 2.24) is 19.5 Å². The van der Waals surface area contributed by atoms with Crippen LogP contribution in [-0.2, 0) is 7.05 Å². The van der Waals surface area contributed by atoms with Gasteiger partial charge in [0.15, 0.2) is 28.6 Å². The molecule has 0 saturated heterocycles. The van der Waals surface area contributed by atoms with Gasteiger partial charge in [-0.1, -0.05) is 19.8 Å². The van der Waals surface area contributed by atoms with Gasteiger partial charge in [-0.2, -0.15) is 0 Å². The monoisotopic (exact) mass is 310 g/mol. The molecule has 0 aromatic carbocycles. The third kappa shape index (κ3) is 2.76. The Morgan fingerprint density at radius 3 is 2.70 bits per heavy atom. The summed E-state index contributed by atoms with van der Waals surface area (Å²) in [6.45, 7) is 4.02. The van der Waals surface area contributed by atoms with Crippen LogP contribution >= 0.6 is 0 Å². The van der Waals surface area contributed by atoms with E-state index in [1.165, 1.54) is 0 Å². The van der Waals surface area contributed by atoms with Gasteiger partial charge in [0.05, 0.1) is 12.3 Å². The molecule has 0 aliphatic carbocycles. The molecule has 0 aliphatic heterocycles. The number of nitrogens with zero attached hydrogens (tertiary/aromatic N) is 4. The highest BCUT2D eigenvalue weighted by Gasteiger charge is 2.16. The first-order valence-corrected chi connectivity index (χ1v) is 7.28. The topological polar surface area (TPSA) is 109 Å². The van der Waals surface area contributed by atoms with Crippen LogP contribution in [-0.4, -0.2) is 25.6 Å². The standard InChI is InChI=1S/C16H18N6O/c1-9(2)10(17)6-7-12-19-14(18)13-16(20-12)22(3)15(21-13)11-5-4-8-23-11/h4-5,8-10H,17H2,1-3H3,(H2,18,19,20). The van der Waals surface area contributed by atoms with Gasteiger partial charge in [0, 0.05) is 7.05 Å². The largest absolute Gasteiger partial charge is 0.461 e. The number of furan rings is 1. The SMILES string of the molecule is CC(C)C(N)C#Cc1nc(N)c2nc(-c3ccco3)n(C)c2n1. The summed E-state index contributed by atoms with van der Waals surface area (Å²) in [5.41, 5.74) is 13.1. The fourth-order valence-electron chi connectivity index (χ4n) is 2.08. The molecule has 4 N–H and O–H groups in total. The maximum atomic E-state index is 6.00. The Morgan fingerprint density at radius 2 is 2.04 bits per heavy atom. The van der Waals surface area contributed by atoms with E-state index in [2.05, 4.69) is 26.8 Å². The molecule has 0 amide bonds. The molecule has 0 spiro atoms. The van der Waals surface area contributed by atoms with Crippen molar-refractivity contribution in [2.24, 2.45) is 18.7 Å². The van der Waals surface area contributed by atoms with Crippen LogP contribution < -0.4 is 11.5 Å². The Labute approximate surface area is 133 Å². The van der Waals surface area contributed by atoms with E-state index in [-0.39, 0.29) is 17.8 Å². The Morgan fingerprint density at radius 1 is 1.26 bits per heavy atom. The number of anilines is 1. The van der Waals surface area contributed by atoms with Crippen molar-refractivity contribution in [3.8, 4) is 23.4 Å². The van der Waals surface area contributed by atoms with Gasteiger partial charge < -0.3 is 20.5 Å². The second-order valence-electron chi connectivity index (χ2n) is 5.62. The first-order valence-electron chi connectivity index (χ1n) is 7.28. The summed E-state index contributed by atoms with van der Waals surface area (Å²) in [5.74, 6) is 7.98. The quantitative estimate of drug-likeness (QED) is 0.695. The van der Waals surface area contributed by atoms with E-state index in [1.54, 1.807) is 16.9 Å². The molecular formula is C16H18N6O. The highest BCUT2D eigenvalue weighted by atomic mass is 16.3. The average molecular weight is 310 g/mol. The molecule has 0 aliphatic rings. The summed E-state index contributed by atoms with van der Waals surface area (Å²) >= 11 is 0.